The first-order valence-electron chi connectivity index (χ1n) is 5.56. The molecule has 0 aliphatic heterocycles. The first-order valence-corrected chi connectivity index (χ1v) is 5.56. The van der Waals surface area contributed by atoms with E-state index >= 15 is 0 Å². The van der Waals surface area contributed by atoms with E-state index in [9.17, 15) is 0 Å². The molecular formula is C11H18N2. The van der Waals surface area contributed by atoms with E-state index in [4.69, 9.17) is 5.26 Å². The van der Waals surface area contributed by atoms with Gasteiger partial charge in [-0.2, -0.15) is 5.26 Å². The summed E-state index contributed by atoms with van der Waals surface area (Å²) in [5, 5.41) is 12.6. The molecule has 2 atom stereocenters. The summed E-state index contributed by atoms with van der Waals surface area (Å²) in [7, 11) is 0. The highest BCUT2D eigenvalue weighted by Gasteiger charge is 2.29. The minimum atomic E-state index is 0.292. The Morgan fingerprint density at radius 1 is 1.00 bits per heavy atom. The van der Waals surface area contributed by atoms with Gasteiger partial charge in [-0.05, 0) is 25.7 Å². The molecule has 13 heavy (non-hydrogen) atoms. The van der Waals surface area contributed by atoms with Crippen LogP contribution in [0.5, 0.6) is 0 Å². The second kappa shape index (κ2) is 4.11. The van der Waals surface area contributed by atoms with Crippen LogP contribution in [0.1, 0.15) is 44.9 Å². The first-order chi connectivity index (χ1) is 6.40. The lowest BCUT2D eigenvalue weighted by Gasteiger charge is -2.20. The molecule has 0 spiro atoms. The SMILES string of the molecule is N#CC1CCCC1NC1CCCC1. The summed E-state index contributed by atoms with van der Waals surface area (Å²) in [5.74, 6) is 0.292. The number of nitrogens with one attached hydrogen (secondary N) is 1. The Morgan fingerprint density at radius 3 is 2.46 bits per heavy atom. The van der Waals surface area contributed by atoms with Crippen molar-refractivity contribution in [3.05, 3.63) is 0 Å². The van der Waals surface area contributed by atoms with Crippen molar-refractivity contribution in [3.63, 3.8) is 0 Å². The Balaban J connectivity index is 1.83. The zero-order valence-electron chi connectivity index (χ0n) is 8.13. The van der Waals surface area contributed by atoms with E-state index in [2.05, 4.69) is 11.4 Å². The third-order valence-corrected chi connectivity index (χ3v) is 3.49. The van der Waals surface area contributed by atoms with Crippen molar-refractivity contribution in [3.8, 4) is 6.07 Å². The van der Waals surface area contributed by atoms with Gasteiger partial charge >= 0.3 is 0 Å². The maximum absolute atomic E-state index is 8.92. The Bertz CT molecular complexity index is 201. The van der Waals surface area contributed by atoms with Gasteiger partial charge < -0.3 is 5.32 Å². The zero-order chi connectivity index (χ0) is 9.10. The van der Waals surface area contributed by atoms with Gasteiger partial charge in [-0.25, -0.2) is 0 Å². The van der Waals surface area contributed by atoms with Crippen molar-refractivity contribution in [2.24, 2.45) is 5.92 Å². The molecule has 0 aromatic rings. The molecule has 2 nitrogen and oxygen atoms in total. The predicted octanol–water partition coefficient (Wildman–Crippen LogP) is 2.21. The standard InChI is InChI=1S/C11H18N2/c12-8-9-4-3-7-11(9)13-10-5-1-2-6-10/h9-11,13H,1-7H2. The van der Waals surface area contributed by atoms with E-state index in [-0.39, 0.29) is 0 Å². The number of nitriles is 1. The third-order valence-electron chi connectivity index (χ3n) is 3.49. The molecule has 72 valence electrons. The van der Waals surface area contributed by atoms with Gasteiger partial charge in [-0.15, -0.1) is 0 Å². The van der Waals surface area contributed by atoms with Crippen LogP contribution in [0.25, 0.3) is 0 Å². The molecule has 2 saturated carbocycles. The Labute approximate surface area is 80.3 Å². The summed E-state index contributed by atoms with van der Waals surface area (Å²) < 4.78 is 0. The van der Waals surface area contributed by atoms with Crippen molar-refractivity contribution in [1.29, 1.82) is 5.26 Å². The van der Waals surface area contributed by atoms with Crippen LogP contribution < -0.4 is 5.32 Å². The highest BCUT2D eigenvalue weighted by Crippen LogP contribution is 2.27. The minimum Gasteiger partial charge on any atom is -0.310 e. The van der Waals surface area contributed by atoms with E-state index in [1.807, 2.05) is 0 Å². The molecule has 2 aliphatic carbocycles. The maximum atomic E-state index is 8.92. The number of hydrogen-bond donors (Lipinski definition) is 1. The molecule has 1 N–H and O–H groups in total. The fourth-order valence-corrected chi connectivity index (χ4v) is 2.71. The summed E-state index contributed by atoms with van der Waals surface area (Å²) in [5.41, 5.74) is 0. The van der Waals surface area contributed by atoms with Crippen LogP contribution >= 0.6 is 0 Å². The molecular weight excluding hydrogens is 160 g/mol. The van der Waals surface area contributed by atoms with Gasteiger partial charge in [0, 0.05) is 12.1 Å². The molecule has 0 saturated heterocycles. The average molecular weight is 178 g/mol. The second-order valence-electron chi connectivity index (χ2n) is 4.42. The van der Waals surface area contributed by atoms with Gasteiger partial charge in [0.1, 0.15) is 0 Å². The molecule has 0 aromatic heterocycles. The highest BCUT2D eigenvalue weighted by atomic mass is 15.0. The number of nitrogens with zero attached hydrogens (tertiary/aromatic N) is 1. The molecule has 2 fully saturated rings. The third kappa shape index (κ3) is 2.03. The molecule has 2 heteroatoms. The van der Waals surface area contributed by atoms with E-state index in [0.717, 1.165) is 12.5 Å². The Kier molecular flexibility index (Phi) is 2.85. The van der Waals surface area contributed by atoms with Gasteiger partial charge in [0.05, 0.1) is 12.0 Å². The van der Waals surface area contributed by atoms with Gasteiger partial charge in [-0.1, -0.05) is 19.3 Å². The van der Waals surface area contributed by atoms with Crippen LogP contribution in [0.3, 0.4) is 0 Å². The van der Waals surface area contributed by atoms with Gasteiger partial charge in [0.2, 0.25) is 0 Å². The van der Waals surface area contributed by atoms with Gasteiger partial charge in [0.25, 0.3) is 0 Å². The zero-order valence-corrected chi connectivity index (χ0v) is 8.13. The number of rotatable bonds is 2. The lowest BCUT2D eigenvalue weighted by atomic mass is 10.0. The summed E-state index contributed by atoms with van der Waals surface area (Å²) in [4.78, 5) is 0. The first kappa shape index (κ1) is 9.02. The molecule has 0 heterocycles. The summed E-state index contributed by atoms with van der Waals surface area (Å²) >= 11 is 0. The molecule has 0 radical (unpaired) electrons. The predicted molar refractivity (Wildman–Crippen MR) is 52.1 cm³/mol. The van der Waals surface area contributed by atoms with Crippen LogP contribution in [0, 0.1) is 17.2 Å². The number of hydrogen-bond acceptors (Lipinski definition) is 2. The van der Waals surface area contributed by atoms with Crippen LogP contribution in [0.4, 0.5) is 0 Å². The van der Waals surface area contributed by atoms with E-state index in [1.165, 1.54) is 38.5 Å². The summed E-state index contributed by atoms with van der Waals surface area (Å²) in [6, 6.07) is 3.65. The molecule has 2 rings (SSSR count). The largest absolute Gasteiger partial charge is 0.310 e. The smallest absolute Gasteiger partial charge is 0.0672 e. The Morgan fingerprint density at radius 2 is 1.77 bits per heavy atom. The van der Waals surface area contributed by atoms with Crippen molar-refractivity contribution in [2.45, 2.75) is 57.0 Å². The van der Waals surface area contributed by atoms with Crippen molar-refractivity contribution in [2.75, 3.05) is 0 Å². The van der Waals surface area contributed by atoms with Crippen molar-refractivity contribution < 1.29 is 0 Å². The molecule has 0 aromatic carbocycles. The molecule has 0 amide bonds. The van der Waals surface area contributed by atoms with E-state index in [1.54, 1.807) is 0 Å². The Hall–Kier alpha value is -0.550. The van der Waals surface area contributed by atoms with Crippen molar-refractivity contribution >= 4 is 0 Å². The monoisotopic (exact) mass is 178 g/mol. The minimum absolute atomic E-state index is 0.292. The lowest BCUT2D eigenvalue weighted by Crippen LogP contribution is -2.38. The highest BCUT2D eigenvalue weighted by molar-refractivity contribution is 4.97. The van der Waals surface area contributed by atoms with Crippen molar-refractivity contribution in [1.82, 2.24) is 5.32 Å². The normalized spacial score (nSPS) is 35.0. The maximum Gasteiger partial charge on any atom is 0.0672 e. The quantitative estimate of drug-likeness (QED) is 0.703. The van der Waals surface area contributed by atoms with Crippen LogP contribution in [0.2, 0.25) is 0 Å². The summed E-state index contributed by atoms with van der Waals surface area (Å²) in [6.07, 6.45) is 8.98. The topological polar surface area (TPSA) is 35.8 Å². The van der Waals surface area contributed by atoms with Crippen LogP contribution in [-0.2, 0) is 0 Å². The fraction of sp³-hybridized carbons (Fsp3) is 0.909. The fourth-order valence-electron chi connectivity index (χ4n) is 2.71. The molecule has 2 aliphatic rings. The molecule has 2 unspecified atom stereocenters. The molecule has 0 bridgehead atoms. The lowest BCUT2D eigenvalue weighted by molar-refractivity contribution is 0.398. The van der Waals surface area contributed by atoms with Gasteiger partial charge in [0.15, 0.2) is 0 Å². The van der Waals surface area contributed by atoms with E-state index in [0.29, 0.717) is 12.0 Å². The average Bonchev–Trinajstić information content (AvgIpc) is 2.76. The summed E-state index contributed by atoms with van der Waals surface area (Å²) in [6.45, 7) is 0. The second-order valence-corrected chi connectivity index (χ2v) is 4.42. The van der Waals surface area contributed by atoms with Crippen LogP contribution in [-0.4, -0.2) is 12.1 Å². The van der Waals surface area contributed by atoms with Gasteiger partial charge in [-0.3, -0.25) is 0 Å². The van der Waals surface area contributed by atoms with E-state index < -0.39 is 0 Å². The van der Waals surface area contributed by atoms with Crippen LogP contribution in [0.15, 0.2) is 0 Å².